The molecule has 5 aromatic rings. The maximum absolute atomic E-state index is 13.5. The lowest BCUT2D eigenvalue weighted by molar-refractivity contribution is 0.0976. The highest BCUT2D eigenvalue weighted by Gasteiger charge is 2.26. The first-order valence-corrected chi connectivity index (χ1v) is 11.1. The average Bonchev–Trinajstić information content (AvgIpc) is 3.49. The minimum atomic E-state index is -0.315. The van der Waals surface area contributed by atoms with Gasteiger partial charge in [0.25, 0.3) is 5.91 Å². The van der Waals surface area contributed by atoms with E-state index in [9.17, 15) is 4.79 Å². The number of fused-ring (bicyclic) bond motifs is 1. The van der Waals surface area contributed by atoms with Crippen molar-refractivity contribution >= 4 is 44.2 Å². The molecule has 0 atom stereocenters. The molecule has 0 fully saturated rings. The van der Waals surface area contributed by atoms with Crippen molar-refractivity contribution in [2.24, 2.45) is 0 Å². The maximum atomic E-state index is 13.5. The van der Waals surface area contributed by atoms with Gasteiger partial charge in [-0.1, -0.05) is 64.5 Å². The lowest BCUT2D eigenvalue weighted by Gasteiger charge is -2.18. The van der Waals surface area contributed by atoms with Crippen LogP contribution in [0.2, 0.25) is 5.02 Å². The van der Waals surface area contributed by atoms with Crippen molar-refractivity contribution in [1.82, 2.24) is 15.1 Å². The van der Waals surface area contributed by atoms with Crippen LogP contribution in [0.1, 0.15) is 21.7 Å². The number of aryl methyl sites for hydroxylation is 1. The third-order valence-electron chi connectivity index (χ3n) is 5.05. The van der Waals surface area contributed by atoms with E-state index < -0.39 is 0 Å². The molecule has 3 aromatic heterocycles. The van der Waals surface area contributed by atoms with E-state index in [0.717, 1.165) is 27.0 Å². The Bertz CT molecular complexity index is 1400. The molecule has 3 heterocycles. The summed E-state index contributed by atoms with van der Waals surface area (Å²) in [6.07, 6.45) is 1.70. The normalized spacial score (nSPS) is 11.1. The standard InChI is InChI=1S/C24H17ClN4O2S/c1-15-18(25)10-11-21-22(15)27-24(32-21)29(14-17-9-5-6-12-26-17)23(30)19-13-20(31-28-19)16-7-3-2-4-8-16/h2-13H,14H2,1H3. The summed E-state index contributed by atoms with van der Waals surface area (Å²) in [5.41, 5.74) is 3.45. The fourth-order valence-electron chi connectivity index (χ4n) is 3.34. The van der Waals surface area contributed by atoms with E-state index in [0.29, 0.717) is 15.9 Å². The largest absolute Gasteiger partial charge is 0.355 e. The minimum Gasteiger partial charge on any atom is -0.355 e. The molecule has 0 aliphatic rings. The van der Waals surface area contributed by atoms with E-state index >= 15 is 0 Å². The van der Waals surface area contributed by atoms with Crippen molar-refractivity contribution in [3.8, 4) is 11.3 Å². The van der Waals surface area contributed by atoms with Gasteiger partial charge in [0.1, 0.15) is 0 Å². The number of carbonyl (C=O) groups excluding carboxylic acids is 1. The highest BCUT2D eigenvalue weighted by Crippen LogP contribution is 2.35. The predicted molar refractivity (Wildman–Crippen MR) is 126 cm³/mol. The minimum absolute atomic E-state index is 0.203. The number of anilines is 1. The third-order valence-corrected chi connectivity index (χ3v) is 6.50. The van der Waals surface area contributed by atoms with Crippen LogP contribution >= 0.6 is 22.9 Å². The molecule has 158 valence electrons. The Kier molecular flexibility index (Phi) is 5.43. The van der Waals surface area contributed by atoms with Gasteiger partial charge in [-0.05, 0) is 36.8 Å². The molecule has 6 nitrogen and oxygen atoms in total. The maximum Gasteiger partial charge on any atom is 0.282 e. The molecule has 0 radical (unpaired) electrons. The van der Waals surface area contributed by atoms with Crippen LogP contribution in [0.3, 0.4) is 0 Å². The van der Waals surface area contributed by atoms with Gasteiger partial charge in [-0.2, -0.15) is 0 Å². The molecule has 1 amide bonds. The van der Waals surface area contributed by atoms with E-state index in [1.54, 1.807) is 17.2 Å². The molecule has 0 saturated carbocycles. The van der Waals surface area contributed by atoms with E-state index in [1.165, 1.54) is 11.3 Å². The van der Waals surface area contributed by atoms with Gasteiger partial charge in [0.05, 0.1) is 22.5 Å². The van der Waals surface area contributed by atoms with Crippen LogP contribution in [0, 0.1) is 6.92 Å². The van der Waals surface area contributed by atoms with Crippen LogP contribution in [0.15, 0.2) is 77.4 Å². The fraction of sp³-hybridized carbons (Fsp3) is 0.0833. The summed E-state index contributed by atoms with van der Waals surface area (Å²) in [4.78, 5) is 24.2. The summed E-state index contributed by atoms with van der Waals surface area (Å²) in [6.45, 7) is 2.17. The average molecular weight is 461 g/mol. The number of amides is 1. The quantitative estimate of drug-likeness (QED) is 0.314. The molecular weight excluding hydrogens is 444 g/mol. The zero-order chi connectivity index (χ0) is 22.1. The highest BCUT2D eigenvalue weighted by atomic mass is 35.5. The zero-order valence-corrected chi connectivity index (χ0v) is 18.6. The summed E-state index contributed by atoms with van der Waals surface area (Å²) in [6, 6.07) is 20.5. The lowest BCUT2D eigenvalue weighted by Crippen LogP contribution is -2.31. The first-order chi connectivity index (χ1) is 15.6. The van der Waals surface area contributed by atoms with Crippen molar-refractivity contribution in [2.75, 3.05) is 4.90 Å². The Hall–Kier alpha value is -3.55. The van der Waals surface area contributed by atoms with Gasteiger partial charge in [0.15, 0.2) is 16.6 Å². The fourth-order valence-corrected chi connectivity index (χ4v) is 4.51. The van der Waals surface area contributed by atoms with E-state index in [1.807, 2.05) is 67.6 Å². The van der Waals surface area contributed by atoms with Crippen LogP contribution in [-0.4, -0.2) is 21.0 Å². The smallest absolute Gasteiger partial charge is 0.282 e. The number of rotatable bonds is 5. The molecule has 0 N–H and O–H groups in total. The second-order valence-corrected chi connectivity index (χ2v) is 8.59. The first-order valence-electron chi connectivity index (χ1n) is 9.90. The number of thiazole rings is 1. The zero-order valence-electron chi connectivity index (χ0n) is 17.0. The Morgan fingerprint density at radius 2 is 1.91 bits per heavy atom. The predicted octanol–water partition coefficient (Wildman–Crippen LogP) is 6.16. The van der Waals surface area contributed by atoms with Gasteiger partial charge < -0.3 is 4.52 Å². The van der Waals surface area contributed by atoms with Crippen molar-refractivity contribution < 1.29 is 9.32 Å². The topological polar surface area (TPSA) is 72.1 Å². The second-order valence-electron chi connectivity index (χ2n) is 7.17. The molecule has 0 aliphatic carbocycles. The molecule has 5 rings (SSSR count). The Morgan fingerprint density at radius 1 is 1.09 bits per heavy atom. The molecule has 0 unspecified atom stereocenters. The summed E-state index contributed by atoms with van der Waals surface area (Å²) in [5, 5.41) is 5.22. The molecule has 2 aromatic carbocycles. The van der Waals surface area contributed by atoms with Gasteiger partial charge in [-0.25, -0.2) is 4.98 Å². The van der Waals surface area contributed by atoms with Crippen molar-refractivity contribution in [3.05, 3.63) is 94.9 Å². The van der Waals surface area contributed by atoms with E-state index in [4.69, 9.17) is 21.1 Å². The molecule has 0 bridgehead atoms. The first kappa shape index (κ1) is 20.4. The second kappa shape index (κ2) is 8.53. The number of hydrogen-bond acceptors (Lipinski definition) is 6. The Labute approximate surface area is 193 Å². The van der Waals surface area contributed by atoms with E-state index in [2.05, 4.69) is 10.1 Å². The van der Waals surface area contributed by atoms with Crippen LogP contribution in [0.5, 0.6) is 0 Å². The number of hydrogen-bond donors (Lipinski definition) is 0. The van der Waals surface area contributed by atoms with E-state index in [-0.39, 0.29) is 18.1 Å². The lowest BCUT2D eigenvalue weighted by atomic mass is 10.1. The van der Waals surface area contributed by atoms with Crippen LogP contribution in [0.25, 0.3) is 21.5 Å². The third kappa shape index (κ3) is 3.88. The summed E-state index contributed by atoms with van der Waals surface area (Å²) in [5.74, 6) is 0.211. The SMILES string of the molecule is Cc1c(Cl)ccc2sc(N(Cc3ccccn3)C(=O)c3cc(-c4ccccc4)on3)nc12. The molecule has 8 heteroatoms. The Balaban J connectivity index is 1.55. The number of carbonyl (C=O) groups is 1. The summed E-state index contributed by atoms with van der Waals surface area (Å²) in [7, 11) is 0. The number of nitrogens with zero attached hydrogens (tertiary/aromatic N) is 4. The van der Waals surface area contributed by atoms with Gasteiger partial charge in [0.2, 0.25) is 0 Å². The number of pyridine rings is 1. The molecule has 0 aliphatic heterocycles. The van der Waals surface area contributed by atoms with Gasteiger partial charge in [-0.3, -0.25) is 14.7 Å². The summed E-state index contributed by atoms with van der Waals surface area (Å²) >= 11 is 7.70. The number of benzene rings is 2. The molecule has 0 spiro atoms. The van der Waals surface area contributed by atoms with Crippen LogP contribution in [-0.2, 0) is 6.54 Å². The highest BCUT2D eigenvalue weighted by molar-refractivity contribution is 7.22. The molecule has 32 heavy (non-hydrogen) atoms. The van der Waals surface area contributed by atoms with Crippen molar-refractivity contribution in [2.45, 2.75) is 13.5 Å². The van der Waals surface area contributed by atoms with Gasteiger partial charge >= 0.3 is 0 Å². The van der Waals surface area contributed by atoms with Gasteiger partial charge in [-0.15, -0.1) is 0 Å². The monoisotopic (exact) mass is 460 g/mol. The number of aromatic nitrogens is 3. The molecule has 0 saturated heterocycles. The number of halogens is 1. The summed E-state index contributed by atoms with van der Waals surface area (Å²) < 4.78 is 6.40. The van der Waals surface area contributed by atoms with Crippen LogP contribution in [0.4, 0.5) is 5.13 Å². The Morgan fingerprint density at radius 3 is 2.69 bits per heavy atom. The van der Waals surface area contributed by atoms with Crippen molar-refractivity contribution in [1.29, 1.82) is 0 Å². The van der Waals surface area contributed by atoms with Crippen molar-refractivity contribution in [3.63, 3.8) is 0 Å². The van der Waals surface area contributed by atoms with Crippen LogP contribution < -0.4 is 4.90 Å². The molecular formula is C24H17ClN4O2S. The van der Waals surface area contributed by atoms with Gasteiger partial charge in [0, 0.05) is 22.8 Å².